The van der Waals surface area contributed by atoms with E-state index in [0.29, 0.717) is 23.5 Å². The topological polar surface area (TPSA) is 98.6 Å². The van der Waals surface area contributed by atoms with E-state index < -0.39 is 4.92 Å². The number of rotatable bonds is 5. The summed E-state index contributed by atoms with van der Waals surface area (Å²) in [5, 5.41) is 20.2. The van der Waals surface area contributed by atoms with Crippen LogP contribution in [0.3, 0.4) is 0 Å². The van der Waals surface area contributed by atoms with Crippen LogP contribution >= 0.6 is 0 Å². The summed E-state index contributed by atoms with van der Waals surface area (Å²) in [6.45, 7) is 2.43. The minimum absolute atomic E-state index is 0.0664. The average molecular weight is 392 g/mol. The van der Waals surface area contributed by atoms with E-state index in [1.54, 1.807) is 25.2 Å². The van der Waals surface area contributed by atoms with Gasteiger partial charge in [-0.1, -0.05) is 24.3 Å². The predicted octanol–water partition coefficient (Wildman–Crippen LogP) is 2.68. The van der Waals surface area contributed by atoms with Gasteiger partial charge in [-0.15, -0.1) is 10.2 Å². The van der Waals surface area contributed by atoms with E-state index in [-0.39, 0.29) is 17.3 Å². The van der Waals surface area contributed by atoms with Gasteiger partial charge in [0.25, 0.3) is 11.2 Å². The fraction of sp³-hybridized carbons (Fsp3) is 0.250. The first-order valence-corrected chi connectivity index (χ1v) is 9.15. The lowest BCUT2D eigenvalue weighted by atomic mass is 10.1. The molecule has 2 aromatic carbocycles. The van der Waals surface area contributed by atoms with Gasteiger partial charge in [-0.05, 0) is 31.7 Å². The Bertz CT molecular complexity index is 1290. The highest BCUT2D eigenvalue weighted by Crippen LogP contribution is 2.24. The molecule has 9 heteroatoms. The van der Waals surface area contributed by atoms with E-state index in [1.807, 2.05) is 47.5 Å². The molecule has 0 fully saturated rings. The lowest BCUT2D eigenvalue weighted by Gasteiger charge is -2.24. The van der Waals surface area contributed by atoms with Gasteiger partial charge in [0.15, 0.2) is 5.82 Å². The van der Waals surface area contributed by atoms with Crippen molar-refractivity contribution < 1.29 is 4.92 Å². The maximum Gasteiger partial charge on any atom is 0.269 e. The van der Waals surface area contributed by atoms with Crippen molar-refractivity contribution in [2.45, 2.75) is 19.5 Å². The molecule has 1 atom stereocenters. The molecular formula is C20H20N6O3. The number of aryl methyl sites for hydroxylation is 1. The van der Waals surface area contributed by atoms with Gasteiger partial charge in [0.1, 0.15) is 0 Å². The summed E-state index contributed by atoms with van der Waals surface area (Å²) < 4.78 is 3.37. The summed E-state index contributed by atoms with van der Waals surface area (Å²) in [5.74, 6) is 1.16. The van der Waals surface area contributed by atoms with Crippen LogP contribution in [0.15, 0.2) is 53.3 Å². The smallest absolute Gasteiger partial charge is 0.269 e. The molecule has 0 amide bonds. The lowest BCUT2D eigenvalue weighted by molar-refractivity contribution is -0.384. The molecule has 0 aliphatic carbocycles. The molecule has 148 valence electrons. The highest BCUT2D eigenvalue weighted by molar-refractivity contribution is 5.80. The molecule has 0 radical (unpaired) electrons. The van der Waals surface area contributed by atoms with Crippen molar-refractivity contribution in [3.63, 3.8) is 0 Å². The van der Waals surface area contributed by atoms with Crippen molar-refractivity contribution in [3.05, 3.63) is 80.4 Å². The van der Waals surface area contributed by atoms with Crippen LogP contribution in [-0.2, 0) is 13.6 Å². The Balaban J connectivity index is 1.74. The van der Waals surface area contributed by atoms with E-state index >= 15 is 0 Å². The predicted molar refractivity (Wildman–Crippen MR) is 109 cm³/mol. The third-order valence-corrected chi connectivity index (χ3v) is 5.31. The fourth-order valence-corrected chi connectivity index (χ4v) is 3.51. The number of para-hydroxylation sites is 1. The molecule has 4 rings (SSSR count). The number of benzene rings is 2. The van der Waals surface area contributed by atoms with E-state index in [1.165, 1.54) is 10.6 Å². The van der Waals surface area contributed by atoms with Crippen LogP contribution in [0.25, 0.3) is 16.7 Å². The van der Waals surface area contributed by atoms with Crippen LogP contribution in [0.4, 0.5) is 5.69 Å². The largest absolute Gasteiger partial charge is 0.292 e. The zero-order valence-corrected chi connectivity index (χ0v) is 16.3. The third kappa shape index (κ3) is 3.15. The van der Waals surface area contributed by atoms with E-state index in [2.05, 4.69) is 10.2 Å². The Morgan fingerprint density at radius 3 is 2.69 bits per heavy atom. The number of hydrogen-bond acceptors (Lipinski definition) is 6. The second-order valence-corrected chi connectivity index (χ2v) is 7.08. The molecule has 1 unspecified atom stereocenters. The van der Waals surface area contributed by atoms with Crippen molar-refractivity contribution in [1.29, 1.82) is 0 Å². The fourth-order valence-electron chi connectivity index (χ4n) is 3.51. The first kappa shape index (κ1) is 18.8. The first-order valence-electron chi connectivity index (χ1n) is 9.15. The number of nitro benzene ring substituents is 1. The number of fused-ring (bicyclic) bond motifs is 3. The minimum Gasteiger partial charge on any atom is -0.292 e. The molecule has 0 saturated carbocycles. The number of nitro groups is 1. The summed E-state index contributed by atoms with van der Waals surface area (Å²) in [6, 6.07) is 13.9. The van der Waals surface area contributed by atoms with E-state index in [9.17, 15) is 14.9 Å². The number of nitrogens with zero attached hydrogens (tertiary/aromatic N) is 6. The minimum atomic E-state index is -0.394. The van der Waals surface area contributed by atoms with Gasteiger partial charge in [-0.2, -0.15) is 0 Å². The number of aromatic nitrogens is 4. The second kappa shape index (κ2) is 7.10. The molecular weight excluding hydrogens is 372 g/mol. The molecule has 2 heterocycles. The summed E-state index contributed by atoms with van der Waals surface area (Å²) in [5.41, 5.74) is 1.54. The Hall–Kier alpha value is -3.59. The normalized spacial score (nSPS) is 12.7. The van der Waals surface area contributed by atoms with Crippen LogP contribution in [0.5, 0.6) is 0 Å². The summed E-state index contributed by atoms with van der Waals surface area (Å²) in [6.07, 6.45) is 0. The first-order chi connectivity index (χ1) is 13.9. The zero-order valence-electron chi connectivity index (χ0n) is 16.3. The third-order valence-electron chi connectivity index (χ3n) is 5.31. The molecule has 0 aliphatic heterocycles. The SMILES string of the molecule is CC(c1cccc([N+](=O)[O-])c1)N(C)Cc1nnc2n(C)c(=O)c3ccccc3n12. The second-order valence-electron chi connectivity index (χ2n) is 7.08. The van der Waals surface area contributed by atoms with Crippen molar-refractivity contribution in [2.75, 3.05) is 7.05 Å². The van der Waals surface area contributed by atoms with Gasteiger partial charge in [0, 0.05) is 25.2 Å². The van der Waals surface area contributed by atoms with Crippen LogP contribution in [-0.4, -0.2) is 36.0 Å². The molecule has 0 N–H and O–H groups in total. The molecule has 9 nitrogen and oxygen atoms in total. The van der Waals surface area contributed by atoms with E-state index in [0.717, 1.165) is 11.1 Å². The van der Waals surface area contributed by atoms with Gasteiger partial charge >= 0.3 is 0 Å². The van der Waals surface area contributed by atoms with Crippen molar-refractivity contribution >= 4 is 22.4 Å². The molecule has 0 aliphatic rings. The standard InChI is InChI=1S/C20H20N6O3/c1-13(14-7-6-8-15(11-14)26(28)29)23(2)12-18-21-22-20-24(3)19(27)16-9-4-5-10-17(16)25(18)20/h4-11,13H,12H2,1-3H3. The Kier molecular flexibility index (Phi) is 4.59. The lowest BCUT2D eigenvalue weighted by Crippen LogP contribution is -2.24. The van der Waals surface area contributed by atoms with Crippen molar-refractivity contribution in [3.8, 4) is 0 Å². The highest BCUT2D eigenvalue weighted by Gasteiger charge is 2.19. The molecule has 0 spiro atoms. The molecule has 0 saturated heterocycles. The molecule has 4 aromatic rings. The molecule has 0 bridgehead atoms. The summed E-state index contributed by atoms with van der Waals surface area (Å²) in [7, 11) is 3.60. The zero-order chi connectivity index (χ0) is 20.7. The van der Waals surface area contributed by atoms with Crippen molar-refractivity contribution in [1.82, 2.24) is 24.1 Å². The van der Waals surface area contributed by atoms with Gasteiger partial charge < -0.3 is 0 Å². The van der Waals surface area contributed by atoms with Crippen LogP contribution in [0.2, 0.25) is 0 Å². The molecule has 29 heavy (non-hydrogen) atoms. The molecule has 2 aromatic heterocycles. The van der Waals surface area contributed by atoms with Crippen LogP contribution in [0, 0.1) is 10.1 Å². The Morgan fingerprint density at radius 1 is 1.17 bits per heavy atom. The highest BCUT2D eigenvalue weighted by atomic mass is 16.6. The van der Waals surface area contributed by atoms with Crippen LogP contribution < -0.4 is 5.56 Å². The quantitative estimate of drug-likeness (QED) is 0.382. The van der Waals surface area contributed by atoms with Gasteiger partial charge in [-0.3, -0.25) is 28.8 Å². The van der Waals surface area contributed by atoms with Gasteiger partial charge in [0.05, 0.1) is 22.4 Å². The van der Waals surface area contributed by atoms with Gasteiger partial charge in [0.2, 0.25) is 5.78 Å². The maximum absolute atomic E-state index is 12.6. The summed E-state index contributed by atoms with van der Waals surface area (Å²) >= 11 is 0. The summed E-state index contributed by atoms with van der Waals surface area (Å²) in [4.78, 5) is 25.3. The Labute approximate surface area is 166 Å². The van der Waals surface area contributed by atoms with Crippen LogP contribution in [0.1, 0.15) is 24.4 Å². The average Bonchev–Trinajstić information content (AvgIpc) is 3.15. The number of hydrogen-bond donors (Lipinski definition) is 0. The maximum atomic E-state index is 12.6. The van der Waals surface area contributed by atoms with Crippen molar-refractivity contribution in [2.24, 2.45) is 7.05 Å². The Morgan fingerprint density at radius 2 is 1.93 bits per heavy atom. The van der Waals surface area contributed by atoms with E-state index in [4.69, 9.17) is 0 Å². The van der Waals surface area contributed by atoms with Gasteiger partial charge in [-0.25, -0.2) is 0 Å². The monoisotopic (exact) mass is 392 g/mol. The number of non-ortho nitro benzene ring substituents is 1.